The SMILES string of the molecule is CCNC(C)(C)CCCCCNCCCCCC(C)(C)NCC. The van der Waals surface area contributed by atoms with Gasteiger partial charge in [0.15, 0.2) is 0 Å². The molecule has 0 saturated carbocycles. The van der Waals surface area contributed by atoms with Crippen LogP contribution >= 0.6 is 0 Å². The third-order valence-corrected chi connectivity index (χ3v) is 4.62. The Balaban J connectivity index is 3.31. The van der Waals surface area contributed by atoms with Gasteiger partial charge in [0, 0.05) is 11.1 Å². The maximum atomic E-state index is 3.60. The average Bonchev–Trinajstić information content (AvgIpc) is 2.44. The van der Waals surface area contributed by atoms with Gasteiger partial charge in [0.1, 0.15) is 0 Å². The Hall–Kier alpha value is -0.120. The molecule has 140 valence electrons. The molecule has 0 aromatic heterocycles. The lowest BCUT2D eigenvalue weighted by Gasteiger charge is -2.25. The van der Waals surface area contributed by atoms with E-state index in [9.17, 15) is 0 Å². The van der Waals surface area contributed by atoms with Gasteiger partial charge in [0.25, 0.3) is 0 Å². The van der Waals surface area contributed by atoms with Crippen LogP contribution in [-0.4, -0.2) is 37.3 Å². The summed E-state index contributed by atoms with van der Waals surface area (Å²) < 4.78 is 0. The van der Waals surface area contributed by atoms with E-state index >= 15 is 0 Å². The van der Waals surface area contributed by atoms with Gasteiger partial charge in [-0.3, -0.25) is 0 Å². The number of nitrogens with one attached hydrogen (secondary N) is 3. The Morgan fingerprint density at radius 2 is 0.957 bits per heavy atom. The number of hydrogen-bond acceptors (Lipinski definition) is 3. The monoisotopic (exact) mass is 327 g/mol. The van der Waals surface area contributed by atoms with E-state index in [1.54, 1.807) is 0 Å². The van der Waals surface area contributed by atoms with Crippen molar-refractivity contribution in [3.63, 3.8) is 0 Å². The molecule has 0 spiro atoms. The van der Waals surface area contributed by atoms with Gasteiger partial charge in [-0.1, -0.05) is 39.5 Å². The minimum atomic E-state index is 0.308. The summed E-state index contributed by atoms with van der Waals surface area (Å²) in [6, 6.07) is 0. The van der Waals surface area contributed by atoms with Crippen LogP contribution in [0, 0.1) is 0 Å². The van der Waals surface area contributed by atoms with Gasteiger partial charge in [-0.05, 0) is 79.6 Å². The first kappa shape index (κ1) is 22.9. The second-order valence-electron chi connectivity index (χ2n) is 8.20. The fourth-order valence-electron chi connectivity index (χ4n) is 3.25. The van der Waals surface area contributed by atoms with Crippen molar-refractivity contribution in [2.75, 3.05) is 26.2 Å². The molecule has 0 radical (unpaired) electrons. The molecule has 0 aliphatic heterocycles. The summed E-state index contributed by atoms with van der Waals surface area (Å²) in [6.45, 7) is 18.1. The van der Waals surface area contributed by atoms with Crippen LogP contribution < -0.4 is 16.0 Å². The lowest BCUT2D eigenvalue weighted by molar-refractivity contribution is 0.353. The summed E-state index contributed by atoms with van der Waals surface area (Å²) in [5.74, 6) is 0. The van der Waals surface area contributed by atoms with Crippen molar-refractivity contribution in [2.24, 2.45) is 0 Å². The molecular weight excluding hydrogens is 282 g/mol. The highest BCUT2D eigenvalue weighted by molar-refractivity contribution is 4.77. The van der Waals surface area contributed by atoms with Crippen molar-refractivity contribution >= 4 is 0 Å². The summed E-state index contributed by atoms with van der Waals surface area (Å²) in [4.78, 5) is 0. The Morgan fingerprint density at radius 1 is 0.565 bits per heavy atom. The lowest BCUT2D eigenvalue weighted by Crippen LogP contribution is -2.38. The highest BCUT2D eigenvalue weighted by Gasteiger charge is 2.15. The Labute approximate surface area is 146 Å². The zero-order chi connectivity index (χ0) is 17.6. The highest BCUT2D eigenvalue weighted by atomic mass is 14.9. The van der Waals surface area contributed by atoms with E-state index in [1.807, 2.05) is 0 Å². The largest absolute Gasteiger partial charge is 0.317 e. The fraction of sp³-hybridized carbons (Fsp3) is 1.00. The normalized spacial score (nSPS) is 12.8. The molecule has 23 heavy (non-hydrogen) atoms. The van der Waals surface area contributed by atoms with Crippen molar-refractivity contribution in [3.05, 3.63) is 0 Å². The Kier molecular flexibility index (Phi) is 13.1. The first-order valence-electron chi connectivity index (χ1n) is 10.0. The van der Waals surface area contributed by atoms with Crippen molar-refractivity contribution in [2.45, 2.75) is 104 Å². The molecule has 0 amide bonds. The van der Waals surface area contributed by atoms with E-state index in [-0.39, 0.29) is 0 Å². The predicted octanol–water partition coefficient (Wildman–Crippen LogP) is 4.47. The van der Waals surface area contributed by atoms with Crippen LogP contribution in [0.1, 0.15) is 92.9 Å². The van der Waals surface area contributed by atoms with Gasteiger partial charge >= 0.3 is 0 Å². The van der Waals surface area contributed by atoms with E-state index in [4.69, 9.17) is 0 Å². The molecule has 3 heteroatoms. The molecule has 0 rings (SSSR count). The minimum absolute atomic E-state index is 0.308. The maximum absolute atomic E-state index is 3.60. The zero-order valence-electron chi connectivity index (χ0n) is 17.0. The maximum Gasteiger partial charge on any atom is 0.0125 e. The molecule has 0 aromatic rings. The number of hydrogen-bond donors (Lipinski definition) is 3. The molecular formula is C20H45N3. The molecule has 0 bridgehead atoms. The van der Waals surface area contributed by atoms with Crippen molar-refractivity contribution in [1.82, 2.24) is 16.0 Å². The van der Waals surface area contributed by atoms with Crippen molar-refractivity contribution in [3.8, 4) is 0 Å². The molecule has 0 aromatic carbocycles. The van der Waals surface area contributed by atoms with Crippen LogP contribution in [-0.2, 0) is 0 Å². The summed E-state index contributed by atoms with van der Waals surface area (Å²) >= 11 is 0. The van der Waals surface area contributed by atoms with Crippen LogP contribution in [0.15, 0.2) is 0 Å². The molecule has 0 unspecified atom stereocenters. The van der Waals surface area contributed by atoms with E-state index in [0.29, 0.717) is 11.1 Å². The smallest absolute Gasteiger partial charge is 0.0125 e. The molecule has 0 heterocycles. The van der Waals surface area contributed by atoms with Crippen LogP contribution in [0.2, 0.25) is 0 Å². The standard InChI is InChI=1S/C20H45N3/c1-7-22-19(3,4)15-11-9-13-17-21-18-14-10-12-16-20(5,6)23-8-2/h21-23H,7-18H2,1-6H3. The van der Waals surface area contributed by atoms with Crippen LogP contribution in [0.3, 0.4) is 0 Å². The average molecular weight is 328 g/mol. The van der Waals surface area contributed by atoms with Gasteiger partial charge in [-0.2, -0.15) is 0 Å². The van der Waals surface area contributed by atoms with Gasteiger partial charge in [-0.15, -0.1) is 0 Å². The Morgan fingerprint density at radius 3 is 1.30 bits per heavy atom. The van der Waals surface area contributed by atoms with Crippen LogP contribution in [0.25, 0.3) is 0 Å². The summed E-state index contributed by atoms with van der Waals surface area (Å²) in [6.07, 6.45) is 10.6. The van der Waals surface area contributed by atoms with Gasteiger partial charge in [0.2, 0.25) is 0 Å². The van der Waals surface area contributed by atoms with E-state index in [1.165, 1.54) is 64.5 Å². The Bertz CT molecular complexity index is 236. The third kappa shape index (κ3) is 15.2. The fourth-order valence-corrected chi connectivity index (χ4v) is 3.25. The first-order valence-corrected chi connectivity index (χ1v) is 10.0. The van der Waals surface area contributed by atoms with Gasteiger partial charge < -0.3 is 16.0 Å². The molecule has 0 atom stereocenters. The van der Waals surface area contributed by atoms with Crippen LogP contribution in [0.4, 0.5) is 0 Å². The van der Waals surface area contributed by atoms with E-state index in [2.05, 4.69) is 57.5 Å². The van der Waals surface area contributed by atoms with Gasteiger partial charge in [-0.25, -0.2) is 0 Å². The van der Waals surface area contributed by atoms with Gasteiger partial charge in [0.05, 0.1) is 0 Å². The third-order valence-electron chi connectivity index (χ3n) is 4.62. The summed E-state index contributed by atoms with van der Waals surface area (Å²) in [7, 11) is 0. The predicted molar refractivity (Wildman–Crippen MR) is 105 cm³/mol. The quantitative estimate of drug-likeness (QED) is 0.366. The zero-order valence-corrected chi connectivity index (χ0v) is 17.0. The van der Waals surface area contributed by atoms with Crippen molar-refractivity contribution < 1.29 is 0 Å². The molecule has 0 saturated heterocycles. The molecule has 3 N–H and O–H groups in total. The van der Waals surface area contributed by atoms with Crippen LogP contribution in [0.5, 0.6) is 0 Å². The molecule has 0 aliphatic rings. The molecule has 3 nitrogen and oxygen atoms in total. The van der Waals surface area contributed by atoms with E-state index in [0.717, 1.165) is 13.1 Å². The van der Waals surface area contributed by atoms with E-state index < -0.39 is 0 Å². The second-order valence-corrected chi connectivity index (χ2v) is 8.20. The minimum Gasteiger partial charge on any atom is -0.317 e. The molecule has 0 fully saturated rings. The van der Waals surface area contributed by atoms with Crippen molar-refractivity contribution in [1.29, 1.82) is 0 Å². The number of rotatable bonds is 16. The second kappa shape index (κ2) is 13.2. The summed E-state index contributed by atoms with van der Waals surface area (Å²) in [5, 5.41) is 10.7. The highest BCUT2D eigenvalue weighted by Crippen LogP contribution is 2.14. The number of unbranched alkanes of at least 4 members (excludes halogenated alkanes) is 4. The first-order chi connectivity index (χ1) is 10.8. The lowest BCUT2D eigenvalue weighted by atomic mass is 9.96. The summed E-state index contributed by atoms with van der Waals surface area (Å²) in [5.41, 5.74) is 0.616. The topological polar surface area (TPSA) is 36.1 Å². The molecule has 0 aliphatic carbocycles.